The quantitative estimate of drug-likeness (QED) is 0.736. The van der Waals surface area contributed by atoms with Crippen LogP contribution in [0.5, 0.6) is 0 Å². The first kappa shape index (κ1) is 15.9. The Morgan fingerprint density at radius 2 is 1.90 bits per heavy atom. The van der Waals surface area contributed by atoms with Gasteiger partial charge in [0.25, 0.3) is 0 Å². The van der Waals surface area contributed by atoms with Crippen molar-refractivity contribution in [3.8, 4) is 0 Å². The van der Waals surface area contributed by atoms with Gasteiger partial charge in [0.15, 0.2) is 0 Å². The number of nitrogen functional groups attached to an aromatic ring is 1. The molecule has 0 saturated heterocycles. The highest BCUT2D eigenvalue weighted by Gasteiger charge is 2.30. The van der Waals surface area contributed by atoms with Crippen molar-refractivity contribution < 1.29 is 13.5 Å². The van der Waals surface area contributed by atoms with Crippen LogP contribution in [0.25, 0.3) is 0 Å². The zero-order chi connectivity index (χ0) is 14.9. The van der Waals surface area contributed by atoms with Crippen LogP contribution in [0.4, 0.5) is 5.69 Å². The van der Waals surface area contributed by atoms with Gasteiger partial charge in [-0.15, -0.1) is 0 Å². The highest BCUT2D eigenvalue weighted by atomic mass is 35.5. The summed E-state index contributed by atoms with van der Waals surface area (Å²) >= 11 is 11.7. The maximum Gasteiger partial charge on any atom is 0.244 e. The maximum atomic E-state index is 12.4. The number of anilines is 1. The van der Waals surface area contributed by atoms with Crippen LogP contribution in [-0.2, 0) is 10.0 Å². The number of hydrogen-bond donors (Lipinski definition) is 3. The van der Waals surface area contributed by atoms with Crippen molar-refractivity contribution in [2.24, 2.45) is 0 Å². The number of rotatable bonds is 3. The Morgan fingerprint density at radius 3 is 2.50 bits per heavy atom. The highest BCUT2D eigenvalue weighted by Crippen LogP contribution is 2.32. The molecule has 0 unspecified atom stereocenters. The van der Waals surface area contributed by atoms with Crippen molar-refractivity contribution in [2.75, 3.05) is 5.73 Å². The second kappa shape index (κ2) is 6.07. The van der Waals surface area contributed by atoms with Gasteiger partial charge in [0, 0.05) is 11.1 Å². The van der Waals surface area contributed by atoms with E-state index in [0.29, 0.717) is 12.8 Å². The molecule has 1 saturated carbocycles. The molecule has 5 nitrogen and oxygen atoms in total. The van der Waals surface area contributed by atoms with E-state index in [-0.39, 0.29) is 20.6 Å². The van der Waals surface area contributed by atoms with Crippen LogP contribution in [0.1, 0.15) is 25.7 Å². The Morgan fingerprint density at radius 1 is 1.25 bits per heavy atom. The SMILES string of the molecule is Nc1cc(Cl)cc(Cl)c1S(=O)(=O)N[C@H]1CCCC[C@@H]1O. The first-order chi connectivity index (χ1) is 9.31. The van der Waals surface area contributed by atoms with Crippen molar-refractivity contribution in [3.05, 3.63) is 22.2 Å². The molecule has 4 N–H and O–H groups in total. The molecule has 1 aromatic rings. The number of nitrogens with one attached hydrogen (secondary N) is 1. The molecule has 1 aliphatic carbocycles. The molecule has 20 heavy (non-hydrogen) atoms. The van der Waals surface area contributed by atoms with Crippen LogP contribution in [-0.4, -0.2) is 25.7 Å². The van der Waals surface area contributed by atoms with Gasteiger partial charge >= 0.3 is 0 Å². The summed E-state index contributed by atoms with van der Waals surface area (Å²) in [5.74, 6) is 0. The summed E-state index contributed by atoms with van der Waals surface area (Å²) in [5.41, 5.74) is 5.68. The van der Waals surface area contributed by atoms with Crippen LogP contribution in [0.2, 0.25) is 10.0 Å². The van der Waals surface area contributed by atoms with Crippen LogP contribution in [0, 0.1) is 0 Å². The largest absolute Gasteiger partial charge is 0.398 e. The van der Waals surface area contributed by atoms with E-state index in [0.717, 1.165) is 12.8 Å². The Labute approximate surface area is 128 Å². The molecule has 2 rings (SSSR count). The van der Waals surface area contributed by atoms with E-state index in [1.165, 1.54) is 12.1 Å². The number of nitrogens with two attached hydrogens (primary N) is 1. The standard InChI is InChI=1S/C12H16Cl2N2O3S/c13-7-5-8(14)12(9(15)6-7)20(18,19)16-10-3-1-2-4-11(10)17/h5-6,10-11,16-17H,1-4,15H2/t10-,11-/m0/s1. The normalized spacial score (nSPS) is 23.8. The minimum atomic E-state index is -3.90. The number of hydrogen-bond acceptors (Lipinski definition) is 4. The Hall–Kier alpha value is -0.530. The lowest BCUT2D eigenvalue weighted by Crippen LogP contribution is -2.45. The molecule has 0 aliphatic heterocycles. The molecule has 0 heterocycles. The molecule has 0 radical (unpaired) electrons. The fourth-order valence-corrected chi connectivity index (χ4v) is 4.66. The van der Waals surface area contributed by atoms with Gasteiger partial charge in [0.2, 0.25) is 10.0 Å². The van der Waals surface area contributed by atoms with Crippen molar-refractivity contribution in [1.82, 2.24) is 4.72 Å². The summed E-state index contributed by atoms with van der Waals surface area (Å²) in [6, 6.07) is 2.14. The van der Waals surface area contributed by atoms with Crippen LogP contribution in [0.3, 0.4) is 0 Å². The molecule has 0 bridgehead atoms. The minimum Gasteiger partial charge on any atom is -0.398 e. The summed E-state index contributed by atoms with van der Waals surface area (Å²) < 4.78 is 27.2. The van der Waals surface area contributed by atoms with Gasteiger partial charge in [-0.2, -0.15) is 0 Å². The van der Waals surface area contributed by atoms with E-state index in [4.69, 9.17) is 28.9 Å². The van der Waals surface area contributed by atoms with E-state index in [1.54, 1.807) is 0 Å². The molecule has 0 amide bonds. The van der Waals surface area contributed by atoms with Crippen LogP contribution >= 0.6 is 23.2 Å². The van der Waals surface area contributed by atoms with Gasteiger partial charge in [-0.1, -0.05) is 36.0 Å². The van der Waals surface area contributed by atoms with Crippen LogP contribution < -0.4 is 10.5 Å². The summed E-state index contributed by atoms with van der Waals surface area (Å²) in [6.07, 6.45) is 2.24. The first-order valence-electron chi connectivity index (χ1n) is 6.26. The van der Waals surface area contributed by atoms with E-state index in [9.17, 15) is 13.5 Å². The Kier molecular flexibility index (Phi) is 4.81. The molecule has 1 fully saturated rings. The smallest absolute Gasteiger partial charge is 0.244 e. The highest BCUT2D eigenvalue weighted by molar-refractivity contribution is 7.89. The van der Waals surface area contributed by atoms with E-state index in [2.05, 4.69) is 4.72 Å². The lowest BCUT2D eigenvalue weighted by molar-refractivity contribution is 0.101. The molecular formula is C12H16Cl2N2O3S. The minimum absolute atomic E-state index is 0.0136. The summed E-state index contributed by atoms with van der Waals surface area (Å²) in [6.45, 7) is 0. The van der Waals surface area contributed by atoms with Gasteiger partial charge in [0.1, 0.15) is 4.90 Å². The number of aliphatic hydroxyl groups excluding tert-OH is 1. The van der Waals surface area contributed by atoms with Gasteiger partial charge < -0.3 is 10.8 Å². The predicted molar refractivity (Wildman–Crippen MR) is 79.5 cm³/mol. The summed E-state index contributed by atoms with van der Waals surface area (Å²) in [5, 5.41) is 10.1. The fourth-order valence-electron chi connectivity index (χ4n) is 2.37. The average molecular weight is 339 g/mol. The van der Waals surface area contributed by atoms with Gasteiger partial charge in [-0.25, -0.2) is 13.1 Å². The Bertz CT molecular complexity index is 584. The molecule has 2 atom stereocenters. The monoisotopic (exact) mass is 338 g/mol. The molecule has 1 aliphatic rings. The zero-order valence-corrected chi connectivity index (χ0v) is 13.0. The zero-order valence-electron chi connectivity index (χ0n) is 10.6. The molecule has 112 valence electrons. The second-order valence-corrected chi connectivity index (χ2v) is 7.38. The number of halogens is 2. The molecule has 1 aromatic carbocycles. The third-order valence-electron chi connectivity index (χ3n) is 3.34. The first-order valence-corrected chi connectivity index (χ1v) is 8.50. The number of sulfonamides is 1. The third kappa shape index (κ3) is 3.38. The summed E-state index contributed by atoms with van der Waals surface area (Å²) in [4.78, 5) is -0.193. The molecule has 0 spiro atoms. The van der Waals surface area contributed by atoms with Crippen molar-refractivity contribution in [1.29, 1.82) is 0 Å². The Balaban J connectivity index is 2.31. The lowest BCUT2D eigenvalue weighted by Gasteiger charge is -2.28. The number of benzene rings is 1. The molecular weight excluding hydrogens is 323 g/mol. The second-order valence-electron chi connectivity index (χ2n) is 4.89. The van der Waals surface area contributed by atoms with Crippen LogP contribution in [0.15, 0.2) is 17.0 Å². The average Bonchev–Trinajstić information content (AvgIpc) is 2.30. The van der Waals surface area contributed by atoms with E-state index >= 15 is 0 Å². The third-order valence-corrected chi connectivity index (χ3v) is 5.58. The topological polar surface area (TPSA) is 92.4 Å². The van der Waals surface area contributed by atoms with E-state index < -0.39 is 22.2 Å². The van der Waals surface area contributed by atoms with Crippen molar-refractivity contribution >= 4 is 38.9 Å². The van der Waals surface area contributed by atoms with Gasteiger partial charge in [0.05, 0.1) is 16.8 Å². The maximum absolute atomic E-state index is 12.4. The van der Waals surface area contributed by atoms with Gasteiger partial charge in [-0.05, 0) is 25.0 Å². The fraction of sp³-hybridized carbons (Fsp3) is 0.500. The van der Waals surface area contributed by atoms with Crippen molar-refractivity contribution in [3.63, 3.8) is 0 Å². The molecule has 0 aromatic heterocycles. The van der Waals surface area contributed by atoms with Gasteiger partial charge in [-0.3, -0.25) is 0 Å². The predicted octanol–water partition coefficient (Wildman–Crippen LogP) is 2.16. The van der Waals surface area contributed by atoms with E-state index in [1.807, 2.05) is 0 Å². The lowest BCUT2D eigenvalue weighted by atomic mass is 9.93. The summed E-state index contributed by atoms with van der Waals surface area (Å²) in [7, 11) is -3.90. The molecule has 8 heteroatoms. The number of aliphatic hydroxyl groups is 1. The van der Waals surface area contributed by atoms with Crippen molar-refractivity contribution in [2.45, 2.75) is 42.7 Å².